The van der Waals surface area contributed by atoms with E-state index in [2.05, 4.69) is 20.8 Å². The molecule has 10 heteroatoms. The van der Waals surface area contributed by atoms with Crippen molar-refractivity contribution in [3.05, 3.63) is 89.5 Å². The first-order valence-electron chi connectivity index (χ1n) is 26.1. The molecule has 0 saturated heterocycles. The van der Waals surface area contributed by atoms with Crippen molar-refractivity contribution in [2.45, 2.75) is 213 Å². The van der Waals surface area contributed by atoms with E-state index in [-0.39, 0.29) is 49.4 Å². The van der Waals surface area contributed by atoms with E-state index < -0.39 is 17.9 Å². The average Bonchev–Trinajstić information content (AvgIpc) is 3.32. The quantitative estimate of drug-likeness (QED) is 0.0477. The minimum atomic E-state index is -0.902. The summed E-state index contributed by atoms with van der Waals surface area (Å²) in [7, 11) is 0. The molecule has 0 aromatic heterocycles. The van der Waals surface area contributed by atoms with Crippen molar-refractivity contribution >= 4 is 17.9 Å². The van der Waals surface area contributed by atoms with Crippen LogP contribution in [0.3, 0.4) is 0 Å². The van der Waals surface area contributed by atoms with Crippen molar-refractivity contribution in [3.8, 4) is 17.2 Å². The van der Waals surface area contributed by atoms with Gasteiger partial charge in [-0.2, -0.15) is 0 Å². The van der Waals surface area contributed by atoms with Crippen LogP contribution in [0.25, 0.3) is 0 Å². The molecule has 0 saturated carbocycles. The normalized spacial score (nSPS) is 10.4. The number of carboxylic acids is 3. The molecule has 0 atom stereocenters. The summed E-state index contributed by atoms with van der Waals surface area (Å²) in [6.45, 7) is 8.89. The molecule has 0 fully saturated rings. The molecule has 67 heavy (non-hydrogen) atoms. The number of ether oxygens (including phenoxy) is 3. The molecule has 0 aliphatic rings. The molecular formula is C57H90EuO9. The van der Waals surface area contributed by atoms with Crippen molar-refractivity contribution in [2.75, 3.05) is 19.8 Å². The molecule has 1 radical (unpaired) electrons. The van der Waals surface area contributed by atoms with Gasteiger partial charge in [0.1, 0.15) is 17.2 Å². The van der Waals surface area contributed by atoms with E-state index in [0.29, 0.717) is 36.5 Å². The standard InChI is InChI=1S/3C19H30O3.Eu/c3*1-2-3-4-5-6-7-8-9-10-11-16-22-18-14-12-17(13-15-18)19(20)21;/h3*12-15H,2-11,16H2,1H3,(H,20,21);. The maximum atomic E-state index is 10.7. The van der Waals surface area contributed by atoms with Crippen LogP contribution in [0.2, 0.25) is 0 Å². The molecular weight excluding hydrogens is 981 g/mol. The molecule has 0 heterocycles. The Hall–Kier alpha value is -2.95. The van der Waals surface area contributed by atoms with Crippen LogP contribution in [-0.2, 0) is 0 Å². The van der Waals surface area contributed by atoms with E-state index in [9.17, 15) is 14.4 Å². The Morgan fingerprint density at radius 1 is 0.299 bits per heavy atom. The Balaban J connectivity index is 0.000000968. The van der Waals surface area contributed by atoms with Crippen LogP contribution in [0.1, 0.15) is 244 Å². The third kappa shape index (κ3) is 38.6. The van der Waals surface area contributed by atoms with Gasteiger partial charge in [-0.15, -0.1) is 0 Å². The van der Waals surface area contributed by atoms with E-state index in [1.807, 2.05) is 0 Å². The van der Waals surface area contributed by atoms with Gasteiger partial charge in [0.2, 0.25) is 0 Å². The fourth-order valence-electron chi connectivity index (χ4n) is 7.42. The van der Waals surface area contributed by atoms with Crippen molar-refractivity contribution in [1.29, 1.82) is 0 Å². The minimum absolute atomic E-state index is 0. The van der Waals surface area contributed by atoms with E-state index in [4.69, 9.17) is 29.5 Å². The zero-order chi connectivity index (χ0) is 48.1. The summed E-state index contributed by atoms with van der Waals surface area (Å²) in [5.41, 5.74) is 0.892. The van der Waals surface area contributed by atoms with Crippen LogP contribution >= 0.6 is 0 Å². The molecule has 3 N–H and O–H groups in total. The van der Waals surface area contributed by atoms with Crippen LogP contribution < -0.4 is 14.2 Å². The first kappa shape index (κ1) is 64.1. The largest absolute Gasteiger partial charge is 0.494 e. The number of benzene rings is 3. The van der Waals surface area contributed by atoms with Crippen molar-refractivity contribution in [2.24, 2.45) is 0 Å². The number of aromatic carboxylic acids is 3. The summed E-state index contributed by atoms with van der Waals surface area (Å²) < 4.78 is 16.9. The van der Waals surface area contributed by atoms with Crippen molar-refractivity contribution < 1.29 is 93.3 Å². The Morgan fingerprint density at radius 2 is 0.463 bits per heavy atom. The Bertz CT molecular complexity index is 1390. The number of hydrogen-bond donors (Lipinski definition) is 3. The van der Waals surface area contributed by atoms with Crippen LogP contribution in [0.15, 0.2) is 72.8 Å². The number of carbonyl (C=O) groups is 3. The average molecular weight is 1070 g/mol. The first-order chi connectivity index (χ1) is 32.2. The smallest absolute Gasteiger partial charge is 0.335 e. The molecule has 3 aromatic carbocycles. The molecule has 379 valence electrons. The third-order valence-corrected chi connectivity index (χ3v) is 11.6. The SMILES string of the molecule is CCCCCCCCCCCCOc1ccc(C(=O)O)cc1.CCCCCCCCCCCCOc1ccc(C(=O)O)cc1.CCCCCCCCCCCCOc1ccc(C(=O)O)cc1.[Eu]. The zero-order valence-electron chi connectivity index (χ0n) is 41.9. The molecule has 9 nitrogen and oxygen atoms in total. The van der Waals surface area contributed by atoms with E-state index >= 15 is 0 Å². The van der Waals surface area contributed by atoms with E-state index in [1.54, 1.807) is 72.8 Å². The number of unbranched alkanes of at least 4 members (excludes halogenated alkanes) is 27. The number of carboxylic acid groups (broad SMARTS) is 3. The fraction of sp³-hybridized carbons (Fsp3) is 0.632. The van der Waals surface area contributed by atoms with E-state index in [0.717, 1.165) is 36.5 Å². The van der Waals surface area contributed by atoms with E-state index in [1.165, 1.54) is 173 Å². The van der Waals surface area contributed by atoms with Crippen LogP contribution in [0, 0.1) is 49.4 Å². The van der Waals surface area contributed by atoms with Gasteiger partial charge >= 0.3 is 17.9 Å². The summed E-state index contributed by atoms with van der Waals surface area (Å²) in [5.74, 6) is -0.452. The molecule has 0 aliphatic heterocycles. The Labute approximate surface area is 447 Å². The second-order valence-corrected chi connectivity index (χ2v) is 17.6. The molecule has 3 rings (SSSR count). The Kier molecular flexibility index (Phi) is 44.7. The van der Waals surface area contributed by atoms with Crippen molar-refractivity contribution in [1.82, 2.24) is 0 Å². The minimum Gasteiger partial charge on any atom is -0.494 e. The summed E-state index contributed by atoms with van der Waals surface area (Å²) in [6.07, 6.45) is 39.4. The number of hydrogen-bond acceptors (Lipinski definition) is 6. The summed E-state index contributed by atoms with van der Waals surface area (Å²) in [6, 6.07) is 19.8. The summed E-state index contributed by atoms with van der Waals surface area (Å²) in [5, 5.41) is 26.4. The predicted molar refractivity (Wildman–Crippen MR) is 272 cm³/mol. The molecule has 0 amide bonds. The topological polar surface area (TPSA) is 140 Å². The monoisotopic (exact) mass is 1070 g/mol. The van der Waals surface area contributed by atoms with Gasteiger partial charge in [-0.05, 0) is 92.1 Å². The molecule has 0 aliphatic carbocycles. The fourth-order valence-corrected chi connectivity index (χ4v) is 7.42. The van der Waals surface area contributed by atoms with Gasteiger partial charge in [0.15, 0.2) is 0 Å². The molecule has 0 bridgehead atoms. The third-order valence-electron chi connectivity index (χ3n) is 11.6. The van der Waals surface area contributed by atoms with Gasteiger partial charge in [-0.1, -0.05) is 194 Å². The molecule has 3 aromatic rings. The zero-order valence-corrected chi connectivity index (χ0v) is 44.4. The maximum absolute atomic E-state index is 10.7. The Morgan fingerprint density at radius 3 is 0.627 bits per heavy atom. The van der Waals surface area contributed by atoms with Crippen LogP contribution in [0.5, 0.6) is 17.2 Å². The van der Waals surface area contributed by atoms with Crippen LogP contribution in [-0.4, -0.2) is 53.0 Å². The molecule has 0 spiro atoms. The van der Waals surface area contributed by atoms with Gasteiger partial charge in [-0.3, -0.25) is 0 Å². The predicted octanol–water partition coefficient (Wildman–Crippen LogP) is 17.1. The summed E-state index contributed by atoms with van der Waals surface area (Å²) in [4.78, 5) is 32.2. The van der Waals surface area contributed by atoms with Crippen LogP contribution in [0.4, 0.5) is 0 Å². The molecule has 0 unspecified atom stereocenters. The van der Waals surface area contributed by atoms with Gasteiger partial charge in [0.25, 0.3) is 0 Å². The first-order valence-corrected chi connectivity index (χ1v) is 26.1. The second kappa shape index (κ2) is 46.8. The van der Waals surface area contributed by atoms with Gasteiger partial charge in [0.05, 0.1) is 36.5 Å². The van der Waals surface area contributed by atoms with Gasteiger partial charge < -0.3 is 29.5 Å². The maximum Gasteiger partial charge on any atom is 0.335 e. The summed E-state index contributed by atoms with van der Waals surface area (Å²) >= 11 is 0. The number of rotatable bonds is 39. The second-order valence-electron chi connectivity index (χ2n) is 17.6. The van der Waals surface area contributed by atoms with Crippen molar-refractivity contribution in [3.63, 3.8) is 0 Å². The van der Waals surface area contributed by atoms with Gasteiger partial charge in [0, 0.05) is 49.4 Å². The van der Waals surface area contributed by atoms with Gasteiger partial charge in [-0.25, -0.2) is 14.4 Å².